The van der Waals surface area contributed by atoms with E-state index in [1.165, 1.54) is 0 Å². The average Bonchev–Trinajstić information content (AvgIpc) is 2.08. The van der Waals surface area contributed by atoms with Crippen LogP contribution in [0.5, 0.6) is 5.75 Å². The second kappa shape index (κ2) is 4.25. The van der Waals surface area contributed by atoms with Gasteiger partial charge in [0.1, 0.15) is 11.4 Å². The monoisotopic (exact) mass is 200 g/mol. The van der Waals surface area contributed by atoms with Gasteiger partial charge in [-0.2, -0.15) is 0 Å². The molecule has 1 unspecified atom stereocenters. The van der Waals surface area contributed by atoms with E-state index in [4.69, 9.17) is 5.73 Å². The van der Waals surface area contributed by atoms with E-state index < -0.39 is 11.4 Å². The first-order valence-electron chi connectivity index (χ1n) is 3.79. The number of anilines is 1. The van der Waals surface area contributed by atoms with Gasteiger partial charge in [0.05, 0.1) is 5.69 Å². The Balaban J connectivity index is 2.91. The number of benzene rings is 1. The van der Waals surface area contributed by atoms with Crippen LogP contribution in [-0.4, -0.2) is 8.76 Å². The predicted octanol–water partition coefficient (Wildman–Crippen LogP) is 1.00. The Morgan fingerprint density at radius 3 is 2.77 bits per heavy atom. The number of nitrogens with two attached hydrogens (primary N) is 1. The van der Waals surface area contributed by atoms with E-state index in [1.54, 1.807) is 18.2 Å². The van der Waals surface area contributed by atoms with E-state index in [0.717, 1.165) is 12.0 Å². The summed E-state index contributed by atoms with van der Waals surface area (Å²) in [6.45, 7) is 1.99. The highest BCUT2D eigenvalue weighted by atomic mass is 32.2. The van der Waals surface area contributed by atoms with Gasteiger partial charge >= 0.3 is 0 Å². The van der Waals surface area contributed by atoms with Crippen molar-refractivity contribution in [3.05, 3.63) is 23.8 Å². The van der Waals surface area contributed by atoms with Crippen LogP contribution in [0.15, 0.2) is 18.2 Å². The molecule has 13 heavy (non-hydrogen) atoms. The summed E-state index contributed by atoms with van der Waals surface area (Å²) in [7, 11) is 0. The zero-order valence-electron chi connectivity index (χ0n) is 7.15. The van der Waals surface area contributed by atoms with Gasteiger partial charge in [-0.05, 0) is 24.1 Å². The lowest BCUT2D eigenvalue weighted by molar-refractivity contribution is 0.441. The summed E-state index contributed by atoms with van der Waals surface area (Å²) in [5.74, 6) is 0.172. The fourth-order valence-corrected chi connectivity index (χ4v) is 1.27. The molecule has 0 aliphatic rings. The third-order valence-corrected chi connectivity index (χ3v) is 1.96. The zero-order chi connectivity index (χ0) is 9.84. The normalized spacial score (nSPS) is 12.5. The minimum absolute atomic E-state index is 0.172. The Kier molecular flexibility index (Phi) is 3.27. The molecule has 0 amide bonds. The van der Waals surface area contributed by atoms with Crippen LogP contribution in [0.2, 0.25) is 0 Å². The second-order valence-corrected chi connectivity index (χ2v) is 3.09. The molecule has 1 rings (SSSR count). The third kappa shape index (κ3) is 2.71. The van der Waals surface area contributed by atoms with Gasteiger partial charge in [0.15, 0.2) is 5.75 Å². The van der Waals surface area contributed by atoms with Crippen molar-refractivity contribution in [1.29, 1.82) is 0 Å². The Labute approximate surface area is 79.2 Å². The molecule has 1 aromatic carbocycles. The van der Waals surface area contributed by atoms with Crippen LogP contribution in [-0.2, 0) is 17.8 Å². The van der Waals surface area contributed by atoms with Gasteiger partial charge in [-0.3, -0.25) is 0 Å². The molecule has 0 saturated carbocycles. The predicted molar refractivity (Wildman–Crippen MR) is 49.8 cm³/mol. The Morgan fingerprint density at radius 1 is 1.62 bits per heavy atom. The molecule has 0 fully saturated rings. The minimum Gasteiger partial charge on any atom is -0.740 e. The van der Waals surface area contributed by atoms with Gasteiger partial charge in [0, 0.05) is 0 Å². The molecule has 4 nitrogen and oxygen atoms in total. The summed E-state index contributed by atoms with van der Waals surface area (Å²) in [6, 6.07) is 5.02. The maximum absolute atomic E-state index is 10.2. The van der Waals surface area contributed by atoms with Gasteiger partial charge < -0.3 is 14.5 Å². The number of rotatable bonds is 3. The summed E-state index contributed by atoms with van der Waals surface area (Å²) in [4.78, 5) is 0. The summed E-state index contributed by atoms with van der Waals surface area (Å²) < 4.78 is 24.8. The highest BCUT2D eigenvalue weighted by molar-refractivity contribution is 7.74. The van der Waals surface area contributed by atoms with Gasteiger partial charge in [-0.25, -0.2) is 4.21 Å². The minimum atomic E-state index is -2.57. The first-order valence-corrected chi connectivity index (χ1v) is 4.79. The molecule has 72 valence electrons. The summed E-state index contributed by atoms with van der Waals surface area (Å²) in [5.41, 5.74) is 6.93. The molecule has 0 aromatic heterocycles. The lowest BCUT2D eigenvalue weighted by Gasteiger charge is -2.10. The third-order valence-electron chi connectivity index (χ3n) is 1.64. The van der Waals surface area contributed by atoms with E-state index in [-0.39, 0.29) is 5.75 Å². The topological polar surface area (TPSA) is 75.4 Å². The number of aryl methyl sites for hydroxylation is 1. The molecule has 1 aromatic rings. The average molecular weight is 200 g/mol. The van der Waals surface area contributed by atoms with Crippen molar-refractivity contribution in [3.8, 4) is 5.75 Å². The Hall–Kier alpha value is -1.07. The van der Waals surface area contributed by atoms with Crippen LogP contribution in [0.3, 0.4) is 0 Å². The van der Waals surface area contributed by atoms with Crippen LogP contribution >= 0.6 is 0 Å². The van der Waals surface area contributed by atoms with Crippen molar-refractivity contribution in [2.75, 3.05) is 5.73 Å². The van der Waals surface area contributed by atoms with E-state index in [0.29, 0.717) is 5.69 Å². The molecule has 0 saturated heterocycles. The number of hydrogen-bond acceptors (Lipinski definition) is 4. The molecular formula is C8H10NO3S-. The molecule has 1 atom stereocenters. The first kappa shape index (κ1) is 10.0. The van der Waals surface area contributed by atoms with E-state index in [2.05, 4.69) is 4.18 Å². The molecule has 0 bridgehead atoms. The Bertz CT molecular complexity index is 327. The number of nitrogen functional groups attached to an aromatic ring is 1. The van der Waals surface area contributed by atoms with E-state index >= 15 is 0 Å². The van der Waals surface area contributed by atoms with Crippen LogP contribution < -0.4 is 9.92 Å². The maximum Gasteiger partial charge on any atom is 0.162 e. The summed E-state index contributed by atoms with van der Waals surface area (Å²) in [6.07, 6.45) is 0.852. The van der Waals surface area contributed by atoms with Crippen molar-refractivity contribution in [3.63, 3.8) is 0 Å². The molecule has 0 heterocycles. The standard InChI is InChI=1S/C8H11NO3S/c1-2-6-3-4-8(7(9)5-6)12-13(10)11/h3-5H,2,9H2,1H3,(H,10,11)/p-1. The highest BCUT2D eigenvalue weighted by Gasteiger charge is 2.00. The first-order chi connectivity index (χ1) is 6.13. The summed E-state index contributed by atoms with van der Waals surface area (Å²) >= 11 is -2.57. The van der Waals surface area contributed by atoms with Crippen molar-refractivity contribution in [2.45, 2.75) is 13.3 Å². The van der Waals surface area contributed by atoms with Crippen LogP contribution in [0, 0.1) is 0 Å². The van der Waals surface area contributed by atoms with E-state index in [1.807, 2.05) is 6.92 Å². The van der Waals surface area contributed by atoms with Gasteiger partial charge in [-0.1, -0.05) is 13.0 Å². The van der Waals surface area contributed by atoms with Gasteiger partial charge in [-0.15, -0.1) is 0 Å². The largest absolute Gasteiger partial charge is 0.740 e. The fraction of sp³-hybridized carbons (Fsp3) is 0.250. The molecule has 0 aliphatic heterocycles. The maximum atomic E-state index is 10.2. The van der Waals surface area contributed by atoms with Crippen molar-refractivity contribution < 1.29 is 12.9 Å². The van der Waals surface area contributed by atoms with Gasteiger partial charge in [0.2, 0.25) is 0 Å². The molecule has 2 N–H and O–H groups in total. The molecular weight excluding hydrogens is 190 g/mol. The van der Waals surface area contributed by atoms with Crippen molar-refractivity contribution >= 4 is 17.0 Å². The van der Waals surface area contributed by atoms with Crippen LogP contribution in [0.1, 0.15) is 12.5 Å². The summed E-state index contributed by atoms with van der Waals surface area (Å²) in [5, 5.41) is 0. The lowest BCUT2D eigenvalue weighted by atomic mass is 10.1. The fourth-order valence-electron chi connectivity index (χ4n) is 0.967. The Morgan fingerprint density at radius 2 is 2.31 bits per heavy atom. The SMILES string of the molecule is CCc1ccc(OS(=O)[O-])c(N)c1. The second-order valence-electron chi connectivity index (χ2n) is 2.51. The number of hydrogen-bond donors (Lipinski definition) is 1. The quantitative estimate of drug-likeness (QED) is 0.583. The smallest absolute Gasteiger partial charge is 0.162 e. The van der Waals surface area contributed by atoms with Crippen molar-refractivity contribution in [1.82, 2.24) is 0 Å². The van der Waals surface area contributed by atoms with E-state index in [9.17, 15) is 8.76 Å². The van der Waals surface area contributed by atoms with Crippen LogP contribution in [0.4, 0.5) is 5.69 Å². The molecule has 0 spiro atoms. The lowest BCUT2D eigenvalue weighted by Crippen LogP contribution is -2.01. The van der Waals surface area contributed by atoms with Crippen molar-refractivity contribution in [2.24, 2.45) is 0 Å². The molecule has 5 heteroatoms. The highest BCUT2D eigenvalue weighted by Crippen LogP contribution is 2.23. The van der Waals surface area contributed by atoms with Gasteiger partial charge in [0.25, 0.3) is 0 Å². The molecule has 0 aliphatic carbocycles. The van der Waals surface area contributed by atoms with Crippen LogP contribution in [0.25, 0.3) is 0 Å². The zero-order valence-corrected chi connectivity index (χ0v) is 7.97. The molecule has 0 radical (unpaired) electrons.